The van der Waals surface area contributed by atoms with Crippen LogP contribution in [0.4, 0.5) is 4.79 Å². The first-order valence-corrected chi connectivity index (χ1v) is 8.48. The fourth-order valence-electron chi connectivity index (χ4n) is 2.75. The van der Waals surface area contributed by atoms with Crippen molar-refractivity contribution in [3.05, 3.63) is 34.3 Å². The summed E-state index contributed by atoms with van der Waals surface area (Å²) >= 11 is 3.40. The molecule has 0 bridgehead atoms. The molecule has 1 aromatic carbocycles. The number of hydrogen-bond donors (Lipinski definition) is 3. The maximum Gasteiger partial charge on any atom is 0.321 e. The van der Waals surface area contributed by atoms with Crippen molar-refractivity contribution in [2.45, 2.75) is 38.3 Å². The fourth-order valence-corrected chi connectivity index (χ4v) is 3.01. The maximum absolute atomic E-state index is 11.9. The number of hydrogen-bond acceptors (Lipinski definition) is 2. The van der Waals surface area contributed by atoms with Crippen LogP contribution in [0.1, 0.15) is 31.2 Å². The van der Waals surface area contributed by atoms with E-state index in [1.54, 1.807) is 0 Å². The van der Waals surface area contributed by atoms with Crippen molar-refractivity contribution < 1.29 is 14.5 Å². The van der Waals surface area contributed by atoms with E-state index in [9.17, 15) is 9.59 Å². The second-order valence-electron chi connectivity index (χ2n) is 5.94. The summed E-state index contributed by atoms with van der Waals surface area (Å²) in [6.45, 7) is 1.01. The molecular weight excluding hydrogens is 346 g/mol. The van der Waals surface area contributed by atoms with Gasteiger partial charge in [-0.1, -0.05) is 40.9 Å². The predicted octanol–water partition coefficient (Wildman–Crippen LogP) is 1.23. The smallest absolute Gasteiger partial charge is 0.321 e. The van der Waals surface area contributed by atoms with Crippen LogP contribution in [-0.4, -0.2) is 31.6 Å². The van der Waals surface area contributed by atoms with Crippen LogP contribution < -0.4 is 15.5 Å². The molecule has 0 heterocycles. The number of urea groups is 1. The second kappa shape index (κ2) is 8.29. The molecule has 1 atom stereocenters. The fraction of sp³-hybridized carbons (Fsp3) is 0.500. The first-order valence-electron chi connectivity index (χ1n) is 7.69. The highest BCUT2D eigenvalue weighted by molar-refractivity contribution is 9.10. The van der Waals surface area contributed by atoms with Crippen molar-refractivity contribution in [3.63, 3.8) is 0 Å². The molecule has 1 unspecified atom stereocenters. The highest BCUT2D eigenvalue weighted by atomic mass is 79.9. The van der Waals surface area contributed by atoms with Crippen LogP contribution in [-0.2, 0) is 11.3 Å². The van der Waals surface area contributed by atoms with E-state index in [1.807, 2.05) is 31.3 Å². The summed E-state index contributed by atoms with van der Waals surface area (Å²) in [5.74, 6) is -0.245. The molecule has 1 aromatic rings. The molecule has 3 amide bonds. The minimum absolute atomic E-state index is 0.223. The Morgan fingerprint density at radius 1 is 1.23 bits per heavy atom. The molecule has 6 heteroatoms. The summed E-state index contributed by atoms with van der Waals surface area (Å²) in [7, 11) is 1.94. The lowest BCUT2D eigenvalue weighted by molar-refractivity contribution is -0.885. The number of imide groups is 1. The van der Waals surface area contributed by atoms with E-state index < -0.39 is 0 Å². The number of quaternary nitrogens is 1. The lowest BCUT2D eigenvalue weighted by Crippen LogP contribution is -3.09. The molecular formula is C16H23BrN3O2+. The highest BCUT2D eigenvalue weighted by Gasteiger charge is 2.19. The number of carbonyl (C=O) groups excluding carboxylic acids is 2. The number of rotatable bonds is 5. The summed E-state index contributed by atoms with van der Waals surface area (Å²) in [6.07, 6.45) is 4.32. The average Bonchev–Trinajstić information content (AvgIpc) is 2.93. The lowest BCUT2D eigenvalue weighted by Gasteiger charge is -2.15. The van der Waals surface area contributed by atoms with Gasteiger partial charge in [-0.15, -0.1) is 0 Å². The number of halogens is 1. The molecule has 120 valence electrons. The third-order valence-electron chi connectivity index (χ3n) is 3.82. The zero-order valence-corrected chi connectivity index (χ0v) is 14.4. The van der Waals surface area contributed by atoms with Gasteiger partial charge >= 0.3 is 6.03 Å². The first kappa shape index (κ1) is 17.0. The maximum atomic E-state index is 11.9. The Morgan fingerprint density at radius 3 is 2.50 bits per heavy atom. The van der Waals surface area contributed by atoms with Crippen molar-refractivity contribution in [3.8, 4) is 0 Å². The zero-order chi connectivity index (χ0) is 15.9. The number of amides is 3. The quantitative estimate of drug-likeness (QED) is 0.731. The molecule has 0 spiro atoms. The van der Waals surface area contributed by atoms with Crippen LogP contribution in [0.2, 0.25) is 0 Å². The van der Waals surface area contributed by atoms with Gasteiger partial charge in [-0.3, -0.25) is 10.1 Å². The molecule has 0 aliphatic heterocycles. The van der Waals surface area contributed by atoms with Crippen LogP contribution in [0.3, 0.4) is 0 Å². The van der Waals surface area contributed by atoms with Crippen LogP contribution in [0, 0.1) is 0 Å². The number of likely N-dealkylation sites (N-methyl/N-ethyl adjacent to an activating group) is 1. The van der Waals surface area contributed by atoms with Gasteiger partial charge in [0.25, 0.3) is 5.91 Å². The third-order valence-corrected chi connectivity index (χ3v) is 4.35. The predicted molar refractivity (Wildman–Crippen MR) is 88.5 cm³/mol. The molecule has 5 nitrogen and oxygen atoms in total. The Bertz CT molecular complexity index is 513. The minimum atomic E-state index is -0.367. The molecule has 0 saturated heterocycles. The molecule has 0 aromatic heterocycles. The van der Waals surface area contributed by atoms with E-state index >= 15 is 0 Å². The summed E-state index contributed by atoms with van der Waals surface area (Å²) in [4.78, 5) is 24.6. The van der Waals surface area contributed by atoms with Crippen molar-refractivity contribution in [1.29, 1.82) is 0 Å². The van der Waals surface area contributed by atoms with Gasteiger partial charge in [0.15, 0.2) is 6.54 Å². The topological polar surface area (TPSA) is 62.6 Å². The van der Waals surface area contributed by atoms with Gasteiger partial charge in [-0.05, 0) is 25.0 Å². The van der Waals surface area contributed by atoms with Gasteiger partial charge in [0, 0.05) is 16.1 Å². The summed E-state index contributed by atoms with van der Waals surface area (Å²) in [5, 5.41) is 5.27. The van der Waals surface area contributed by atoms with Crippen molar-refractivity contribution >= 4 is 27.9 Å². The van der Waals surface area contributed by atoms with Crippen molar-refractivity contribution in [2.75, 3.05) is 13.6 Å². The van der Waals surface area contributed by atoms with E-state index in [0.717, 1.165) is 47.2 Å². The summed E-state index contributed by atoms with van der Waals surface area (Å²) in [6, 6.07) is 7.88. The zero-order valence-electron chi connectivity index (χ0n) is 12.8. The highest BCUT2D eigenvalue weighted by Crippen LogP contribution is 2.17. The summed E-state index contributed by atoms with van der Waals surface area (Å²) < 4.78 is 1.04. The van der Waals surface area contributed by atoms with Crippen LogP contribution in [0.15, 0.2) is 28.7 Å². The van der Waals surface area contributed by atoms with Gasteiger partial charge in [0.1, 0.15) is 6.54 Å². The standard InChI is InChI=1S/C16H22BrN3O2/c1-20(10-12-6-8-13(17)9-7-12)11-15(21)19-16(22)18-14-4-2-3-5-14/h6-9,14H,2-5,10-11H2,1H3,(H2,18,19,21,22)/p+1. The van der Waals surface area contributed by atoms with Gasteiger partial charge in [0.05, 0.1) is 7.05 Å². The molecule has 1 fully saturated rings. The average molecular weight is 369 g/mol. The number of benzene rings is 1. The minimum Gasteiger partial charge on any atom is -0.335 e. The number of nitrogens with one attached hydrogen (secondary N) is 3. The normalized spacial score (nSPS) is 16.3. The molecule has 2 rings (SSSR count). The van der Waals surface area contributed by atoms with E-state index in [0.29, 0.717) is 0 Å². The van der Waals surface area contributed by atoms with Crippen LogP contribution >= 0.6 is 15.9 Å². The van der Waals surface area contributed by atoms with Gasteiger partial charge in [-0.2, -0.15) is 0 Å². The molecule has 0 radical (unpaired) electrons. The Labute approximate surface area is 139 Å². The van der Waals surface area contributed by atoms with E-state index in [2.05, 4.69) is 26.6 Å². The second-order valence-corrected chi connectivity index (χ2v) is 6.86. The molecule has 1 saturated carbocycles. The Morgan fingerprint density at radius 2 is 1.86 bits per heavy atom. The monoisotopic (exact) mass is 368 g/mol. The summed E-state index contributed by atoms with van der Waals surface area (Å²) in [5.41, 5.74) is 1.16. The Kier molecular flexibility index (Phi) is 6.39. The Hall–Kier alpha value is -1.40. The SMILES string of the molecule is C[NH+](CC(=O)NC(=O)NC1CCCC1)Cc1ccc(Br)cc1. The van der Waals surface area contributed by atoms with Crippen LogP contribution in [0.25, 0.3) is 0 Å². The van der Waals surface area contributed by atoms with Crippen molar-refractivity contribution in [2.24, 2.45) is 0 Å². The number of carbonyl (C=O) groups is 2. The third kappa shape index (κ3) is 5.77. The van der Waals surface area contributed by atoms with Gasteiger partial charge in [-0.25, -0.2) is 4.79 Å². The Balaban J connectivity index is 1.71. The largest absolute Gasteiger partial charge is 0.335 e. The first-order chi connectivity index (χ1) is 10.5. The van der Waals surface area contributed by atoms with Gasteiger partial charge < -0.3 is 10.2 Å². The van der Waals surface area contributed by atoms with Gasteiger partial charge in [0.2, 0.25) is 0 Å². The molecule has 1 aliphatic rings. The van der Waals surface area contributed by atoms with Crippen LogP contribution in [0.5, 0.6) is 0 Å². The molecule has 22 heavy (non-hydrogen) atoms. The molecule has 1 aliphatic carbocycles. The lowest BCUT2D eigenvalue weighted by atomic mass is 10.2. The van der Waals surface area contributed by atoms with E-state index in [1.165, 1.54) is 0 Å². The molecule has 3 N–H and O–H groups in total. The van der Waals surface area contributed by atoms with Crippen molar-refractivity contribution in [1.82, 2.24) is 10.6 Å². The van der Waals surface area contributed by atoms with E-state index in [4.69, 9.17) is 0 Å². The van der Waals surface area contributed by atoms with E-state index in [-0.39, 0.29) is 24.5 Å².